The first-order valence-electron chi connectivity index (χ1n) is 10.0. The van der Waals surface area contributed by atoms with Crippen LogP contribution in [0.4, 0.5) is 10.1 Å². The molecule has 1 aromatic heterocycles. The van der Waals surface area contributed by atoms with E-state index in [1.54, 1.807) is 24.3 Å². The van der Waals surface area contributed by atoms with Crippen LogP contribution in [0.5, 0.6) is 0 Å². The third-order valence-corrected chi connectivity index (χ3v) is 4.94. The van der Waals surface area contributed by atoms with Gasteiger partial charge in [0.15, 0.2) is 5.84 Å². The fourth-order valence-corrected chi connectivity index (χ4v) is 3.18. The largest absolute Gasteiger partial charge is 0.329 e. The van der Waals surface area contributed by atoms with Crippen molar-refractivity contribution in [1.82, 2.24) is 15.8 Å². The maximum absolute atomic E-state index is 13.4. The number of anilines is 1. The van der Waals surface area contributed by atoms with Gasteiger partial charge in [0.25, 0.3) is 11.8 Å². The molecule has 5 N–H and O–H groups in total. The minimum atomic E-state index is -0.712. The lowest BCUT2D eigenvalue weighted by atomic mass is 10.1. The molecular weight excluding hydrogens is 475 g/mol. The number of aromatic nitrogens is 1. The fourth-order valence-electron chi connectivity index (χ4n) is 2.96. The van der Waals surface area contributed by atoms with Gasteiger partial charge in [-0.05, 0) is 54.1 Å². The Labute approximate surface area is 204 Å². The Morgan fingerprint density at radius 1 is 1.06 bits per heavy atom. The van der Waals surface area contributed by atoms with Gasteiger partial charge in [0, 0.05) is 29.6 Å². The Morgan fingerprint density at radius 3 is 2.43 bits per heavy atom. The standard InChI is InChI=1S/C24H20ClFN6O3/c1-15(16-6-8-18(26)9-7-16)32(20-5-3-2-4-19(20)25)21(29-27)10-11-22(33)30-31-24(35)17-12-13-28-23(34)14-17/h2-14H,1,27H2,(H,28,34)(H,30,33)(H,31,35)/b11-10+,29-21-. The molecule has 0 spiro atoms. The molecule has 0 radical (unpaired) electrons. The highest BCUT2D eigenvalue weighted by atomic mass is 35.5. The number of carbonyl (C=O) groups excluding carboxylic acids is 2. The molecule has 0 unspecified atom stereocenters. The predicted molar refractivity (Wildman–Crippen MR) is 133 cm³/mol. The van der Waals surface area contributed by atoms with E-state index < -0.39 is 23.2 Å². The van der Waals surface area contributed by atoms with E-state index in [1.165, 1.54) is 47.5 Å². The van der Waals surface area contributed by atoms with Crippen molar-refractivity contribution in [3.8, 4) is 0 Å². The van der Waals surface area contributed by atoms with Gasteiger partial charge in [0.2, 0.25) is 5.56 Å². The maximum Gasteiger partial charge on any atom is 0.269 e. The number of para-hydroxylation sites is 1. The number of nitrogens with one attached hydrogen (secondary N) is 3. The summed E-state index contributed by atoms with van der Waals surface area (Å²) in [6.07, 6.45) is 3.67. The number of pyridine rings is 1. The number of amidine groups is 1. The molecule has 1 heterocycles. The molecule has 0 saturated heterocycles. The lowest BCUT2D eigenvalue weighted by molar-refractivity contribution is -0.117. The minimum Gasteiger partial charge on any atom is -0.329 e. The average Bonchev–Trinajstić information content (AvgIpc) is 2.86. The molecular formula is C24H20ClFN6O3. The highest BCUT2D eigenvalue weighted by Gasteiger charge is 2.20. The number of hydrogen-bond donors (Lipinski definition) is 4. The second kappa shape index (κ2) is 11.4. The summed E-state index contributed by atoms with van der Waals surface area (Å²) in [4.78, 5) is 39.6. The van der Waals surface area contributed by atoms with Gasteiger partial charge in [-0.3, -0.25) is 30.1 Å². The quantitative estimate of drug-likeness (QED) is 0.137. The number of amides is 2. The highest BCUT2D eigenvalue weighted by Crippen LogP contribution is 2.32. The molecule has 0 bridgehead atoms. The molecule has 0 saturated carbocycles. The Morgan fingerprint density at radius 2 is 1.77 bits per heavy atom. The van der Waals surface area contributed by atoms with Crippen molar-refractivity contribution < 1.29 is 14.0 Å². The van der Waals surface area contributed by atoms with E-state index in [4.69, 9.17) is 17.4 Å². The summed E-state index contributed by atoms with van der Waals surface area (Å²) in [7, 11) is 0. The van der Waals surface area contributed by atoms with Crippen LogP contribution in [0.1, 0.15) is 15.9 Å². The fraction of sp³-hybridized carbons (Fsp3) is 0. The number of hydrazine groups is 1. The number of carbonyl (C=O) groups is 2. The Kier molecular flexibility index (Phi) is 8.15. The number of nitrogens with zero attached hydrogens (tertiary/aromatic N) is 2. The lowest BCUT2D eigenvalue weighted by Crippen LogP contribution is -2.41. The SMILES string of the molecule is C=C(c1ccc(F)cc1)N(C(/C=C/C(=O)NNC(=O)c1cc[nH]c(=O)c1)=N\N)c1ccccc1Cl. The first kappa shape index (κ1) is 24.9. The molecule has 3 rings (SSSR count). The average molecular weight is 495 g/mol. The number of benzene rings is 2. The molecule has 2 amide bonds. The molecule has 0 atom stereocenters. The smallest absolute Gasteiger partial charge is 0.269 e. The summed E-state index contributed by atoms with van der Waals surface area (Å²) in [6, 6.07) is 14.9. The summed E-state index contributed by atoms with van der Waals surface area (Å²) in [6.45, 7) is 4.06. The van der Waals surface area contributed by atoms with Gasteiger partial charge >= 0.3 is 0 Å². The van der Waals surface area contributed by atoms with Crippen molar-refractivity contribution in [3.05, 3.63) is 118 Å². The molecule has 2 aromatic carbocycles. The third kappa shape index (κ3) is 6.42. The van der Waals surface area contributed by atoms with Crippen LogP contribution < -0.4 is 27.2 Å². The van der Waals surface area contributed by atoms with Gasteiger partial charge in [-0.2, -0.15) is 5.10 Å². The van der Waals surface area contributed by atoms with Gasteiger partial charge in [0.05, 0.1) is 10.7 Å². The molecule has 0 aliphatic carbocycles. The Bertz CT molecular complexity index is 1370. The number of H-pyrrole nitrogens is 1. The molecule has 178 valence electrons. The lowest BCUT2D eigenvalue weighted by Gasteiger charge is -2.27. The van der Waals surface area contributed by atoms with Gasteiger partial charge in [-0.15, -0.1) is 0 Å². The second-order valence-corrected chi connectivity index (χ2v) is 7.35. The van der Waals surface area contributed by atoms with E-state index in [2.05, 4.69) is 27.5 Å². The summed E-state index contributed by atoms with van der Waals surface area (Å²) in [5.41, 5.74) is 5.35. The number of rotatable bonds is 6. The summed E-state index contributed by atoms with van der Waals surface area (Å²) < 4.78 is 13.4. The zero-order valence-corrected chi connectivity index (χ0v) is 18.9. The zero-order chi connectivity index (χ0) is 25.4. The van der Waals surface area contributed by atoms with Crippen LogP contribution in [0.25, 0.3) is 5.70 Å². The minimum absolute atomic E-state index is 0.0581. The Balaban J connectivity index is 1.81. The topological polar surface area (TPSA) is 133 Å². The monoisotopic (exact) mass is 494 g/mol. The second-order valence-electron chi connectivity index (χ2n) is 6.95. The van der Waals surface area contributed by atoms with E-state index >= 15 is 0 Å². The van der Waals surface area contributed by atoms with Gasteiger partial charge in [-0.25, -0.2) is 4.39 Å². The zero-order valence-electron chi connectivity index (χ0n) is 18.2. The number of hydrazone groups is 1. The maximum atomic E-state index is 13.4. The van der Waals surface area contributed by atoms with E-state index in [0.717, 1.165) is 12.1 Å². The summed E-state index contributed by atoms with van der Waals surface area (Å²) in [5, 5.41) is 4.10. The molecule has 9 nitrogen and oxygen atoms in total. The molecule has 3 aromatic rings. The van der Waals surface area contributed by atoms with Gasteiger partial charge in [-0.1, -0.05) is 30.3 Å². The van der Waals surface area contributed by atoms with Crippen molar-refractivity contribution in [2.75, 3.05) is 4.90 Å². The van der Waals surface area contributed by atoms with E-state index in [1.807, 2.05) is 0 Å². The summed E-state index contributed by atoms with van der Waals surface area (Å²) >= 11 is 6.38. The first-order valence-corrected chi connectivity index (χ1v) is 10.4. The molecule has 0 aliphatic heterocycles. The van der Waals surface area contributed by atoms with Crippen LogP contribution in [0, 0.1) is 5.82 Å². The first-order chi connectivity index (χ1) is 16.8. The summed E-state index contributed by atoms with van der Waals surface area (Å²) in [5.74, 6) is 3.87. The van der Waals surface area contributed by atoms with Gasteiger partial charge in [0.1, 0.15) is 5.82 Å². The third-order valence-electron chi connectivity index (χ3n) is 4.62. The van der Waals surface area contributed by atoms with E-state index in [0.29, 0.717) is 22.0 Å². The van der Waals surface area contributed by atoms with Crippen LogP contribution in [0.15, 0.2) is 95.5 Å². The van der Waals surface area contributed by atoms with Crippen LogP contribution >= 0.6 is 11.6 Å². The number of aromatic amines is 1. The normalized spacial score (nSPS) is 11.2. The highest BCUT2D eigenvalue weighted by molar-refractivity contribution is 6.34. The van der Waals surface area contributed by atoms with Crippen molar-refractivity contribution in [3.63, 3.8) is 0 Å². The molecule has 0 aliphatic rings. The van der Waals surface area contributed by atoms with Crippen molar-refractivity contribution in [2.45, 2.75) is 0 Å². The number of nitrogens with two attached hydrogens (primary N) is 1. The number of halogens is 2. The van der Waals surface area contributed by atoms with Crippen molar-refractivity contribution in [2.24, 2.45) is 10.9 Å². The van der Waals surface area contributed by atoms with E-state index in [9.17, 15) is 18.8 Å². The molecule has 35 heavy (non-hydrogen) atoms. The molecule has 0 fully saturated rings. The van der Waals surface area contributed by atoms with Gasteiger partial charge < -0.3 is 10.8 Å². The number of hydrogen-bond acceptors (Lipinski definition) is 5. The van der Waals surface area contributed by atoms with E-state index in [-0.39, 0.29) is 11.4 Å². The molecule has 11 heteroatoms. The van der Waals surface area contributed by atoms with Crippen LogP contribution in [-0.4, -0.2) is 22.6 Å². The van der Waals surface area contributed by atoms with Crippen LogP contribution in [0.2, 0.25) is 5.02 Å². The van der Waals surface area contributed by atoms with Crippen LogP contribution in [0.3, 0.4) is 0 Å². The van der Waals surface area contributed by atoms with Crippen molar-refractivity contribution in [1.29, 1.82) is 0 Å². The van der Waals surface area contributed by atoms with Crippen LogP contribution in [-0.2, 0) is 4.79 Å². The van der Waals surface area contributed by atoms with Crippen molar-refractivity contribution >= 4 is 40.6 Å². The Hall–Kier alpha value is -4.70. The predicted octanol–water partition coefficient (Wildman–Crippen LogP) is 2.93.